The molecule has 2 aromatic carbocycles. The van der Waals surface area contributed by atoms with Crippen molar-refractivity contribution >= 4 is 67.0 Å². The molecule has 4 saturated heterocycles. The molecule has 4 aliphatic rings. The molecule has 0 radical (unpaired) electrons. The Kier molecular flexibility index (Phi) is 79.9. The third-order valence-corrected chi connectivity index (χ3v) is 20.0. The maximum atomic E-state index is 12.9. The van der Waals surface area contributed by atoms with E-state index in [1.807, 2.05) is 123 Å². The van der Waals surface area contributed by atoms with Crippen LogP contribution in [0.4, 0.5) is 9.59 Å². The van der Waals surface area contributed by atoms with E-state index < -0.39 is 41.2 Å². The normalized spacial score (nSPS) is 17.1. The molecule has 0 saturated carbocycles. The number of carbonyl (C=O) groups excluding carboxylic acids is 17. The first-order valence-corrected chi connectivity index (χ1v) is 49.9. The number of alkyl carbamates (subject to hydrolysis) is 2. The minimum Gasteiger partial charge on any atom is -0.459 e. The van der Waals surface area contributed by atoms with E-state index >= 15 is 0 Å². The SMILES string of the molecule is CC#N.CC(C)(C)CN1CCN(CC(=O)OC(C)(C)C)CCN(CC(O)CN)CCN(CC(C)(C)C)CC1.CC(C)(C)CN1CCN(CC(=O)OC(C)(C)C)CCN(CC(O)CNC(=O)OCc2ccccc2)CCN(CC(C)(C)C)CC1.CC(C)(C)CN1CCNCCN(CC(=O)OC(C)(C)C)CCN(CC(C)(C)C)CC1.O=C(NCC1CO1)OCc1ccccc1.O=C=O.O=C=O.O=C=O.O=C=O.O=C=O.O=C=O. The van der Waals surface area contributed by atoms with Crippen molar-refractivity contribution in [2.24, 2.45) is 38.2 Å². The number of epoxide rings is 1. The first kappa shape index (κ1) is 145. The van der Waals surface area contributed by atoms with Crippen LogP contribution < -0.4 is 21.7 Å². The number of nitriles is 1. The second kappa shape index (κ2) is 80.5. The van der Waals surface area contributed by atoms with Crippen molar-refractivity contribution in [1.29, 1.82) is 5.26 Å². The highest BCUT2D eigenvalue weighted by Crippen LogP contribution is 2.24. The molecule has 0 bridgehead atoms. The molecule has 3 unspecified atom stereocenters. The van der Waals surface area contributed by atoms with Crippen LogP contribution in [0, 0.1) is 43.8 Å². The second-order valence-electron chi connectivity index (χ2n) is 46.1. The maximum Gasteiger partial charge on any atom is 0.407 e. The van der Waals surface area contributed by atoms with Crippen molar-refractivity contribution in [2.75, 3.05) is 255 Å². The predicted octanol–water partition coefficient (Wildman–Crippen LogP) is 7.16. The highest BCUT2D eigenvalue weighted by atomic mass is 16.6. The number of rotatable bonds is 25. The summed E-state index contributed by atoms with van der Waals surface area (Å²) in [6.07, 6.45) is -0.560. The number of hydrogen-bond donors (Lipinski definition) is 6. The topological polar surface area (TPSA) is 511 Å². The van der Waals surface area contributed by atoms with Gasteiger partial charge in [0.15, 0.2) is 0 Å². The Morgan fingerprint density at radius 1 is 0.363 bits per heavy atom. The van der Waals surface area contributed by atoms with Gasteiger partial charge in [-0.05, 0) is 106 Å². The highest BCUT2D eigenvalue weighted by Gasteiger charge is 2.31. The lowest BCUT2D eigenvalue weighted by Gasteiger charge is -2.38. The fourth-order valence-corrected chi connectivity index (χ4v) is 15.0. The summed E-state index contributed by atoms with van der Waals surface area (Å²) < 4.78 is 32.1. The Labute approximate surface area is 871 Å². The molecule has 0 spiro atoms. The van der Waals surface area contributed by atoms with E-state index in [1.165, 1.54) is 6.92 Å². The van der Waals surface area contributed by atoms with Gasteiger partial charge in [0.05, 0.1) is 50.6 Å². The minimum atomic E-state index is -0.764. The van der Waals surface area contributed by atoms with Crippen LogP contribution in [0.3, 0.4) is 0 Å². The molecule has 4 aliphatic heterocycles. The number of nitrogens with two attached hydrogens (primary N) is 1. The molecule has 4 fully saturated rings. The van der Waals surface area contributed by atoms with Crippen LogP contribution in [0.1, 0.15) is 205 Å². The van der Waals surface area contributed by atoms with Gasteiger partial charge in [-0.15, -0.1) is 0 Å². The van der Waals surface area contributed by atoms with Gasteiger partial charge >= 0.3 is 67.0 Å². The van der Waals surface area contributed by atoms with E-state index in [1.54, 1.807) is 6.07 Å². The number of carbonyl (C=O) groups is 5. The Balaban J connectivity index is -0.000000587. The third kappa shape index (κ3) is 100. The number of hydrogen-bond acceptors (Lipinski definition) is 39. The van der Waals surface area contributed by atoms with E-state index in [0.29, 0.717) is 51.3 Å². The summed E-state index contributed by atoms with van der Waals surface area (Å²) in [5.74, 6) is -0.539. The fraction of sp³-hybridized carbons (Fsp3) is 0.771. The highest BCUT2D eigenvalue weighted by molar-refractivity contribution is 5.73. The fourth-order valence-electron chi connectivity index (χ4n) is 15.0. The number of nitrogens with zero attached hydrogens (tertiary/aromatic N) is 12. The van der Waals surface area contributed by atoms with E-state index in [0.717, 1.165) is 201 Å². The van der Waals surface area contributed by atoms with E-state index in [9.17, 15) is 34.2 Å². The number of benzene rings is 2. The molecule has 41 nitrogen and oxygen atoms in total. The molecule has 3 atom stereocenters. The average Bonchev–Trinajstić information content (AvgIpc) is 1.50. The number of nitrogens with one attached hydrogen (secondary N) is 3. The number of ether oxygens (including phenoxy) is 6. The molecule has 41 heteroatoms. The number of aliphatic hydroxyl groups is 2. The molecule has 146 heavy (non-hydrogen) atoms. The molecule has 4 heterocycles. The monoisotopic (exact) mass is 2070 g/mol. The molecule has 2 aromatic rings. The summed E-state index contributed by atoms with van der Waals surface area (Å²) in [6, 6.07) is 20.8. The molecular formula is C105H186N16O25. The van der Waals surface area contributed by atoms with Crippen LogP contribution in [0.5, 0.6) is 0 Å². The Bertz CT molecular complexity index is 3920. The standard InChI is InChI=1S/C35H63N5O5.C27H57N5O3.C24H50N4O2.C11H13NO3.C2H3N.6CO2/c1-33(2,3)27-39-19-17-37(24-30(41)23-36-32(43)44-26-29-13-11-10-12-14-29)15-16-38(25-31(42)45-35(7,8)9)18-20-40(22-21-39)28-34(4,5)6;1-25(2,3)21-31-14-12-29(19-23(33)18-28)10-11-30(20-24(34)35-27(7,8)9)13-15-32(17-16-31)22-26(4,5)6;1-22(2,3)19-27-13-11-25-10-12-26(18-21(29)30-24(7,8)9)14-15-28(17-16-27)20-23(4,5)6;13-11(12-6-10-8-14-10)15-7-9-4-2-1-3-5-9;1-2-3;6*2-1-3/h10-14,30,41H,15-28H2,1-9H3,(H,36,43);23,33H,10-22,28H2,1-9H3;25H,10-20H2,1-9H3;1-5,10H,6-8H2,(H,12,13);1H3;;;;;;. The van der Waals surface area contributed by atoms with Gasteiger partial charge in [0, 0.05) is 236 Å². The van der Waals surface area contributed by atoms with Crippen molar-refractivity contribution in [1.82, 2.24) is 69.8 Å². The number of β-amino-alcohol motifs (C(OH)–C–C–N with tert-alkyl or cyclic N) is 2. The summed E-state index contributed by atoms with van der Waals surface area (Å²) >= 11 is 0. The van der Waals surface area contributed by atoms with Crippen LogP contribution in [0.2, 0.25) is 0 Å². The van der Waals surface area contributed by atoms with Gasteiger partial charge in [-0.3, -0.25) is 38.9 Å². The van der Waals surface area contributed by atoms with Crippen LogP contribution in [-0.4, -0.2) is 422 Å². The molecule has 6 rings (SSSR count). The maximum absolute atomic E-state index is 12.9. The lowest BCUT2D eigenvalue weighted by molar-refractivity contribution is -0.193. The van der Waals surface area contributed by atoms with Crippen LogP contribution in [0.15, 0.2) is 60.7 Å². The number of esters is 3. The largest absolute Gasteiger partial charge is 0.459 e. The minimum absolute atomic E-state index is 0.0964. The van der Waals surface area contributed by atoms with Crippen LogP contribution in [-0.2, 0) is 114 Å². The zero-order valence-corrected chi connectivity index (χ0v) is 93.7. The summed E-state index contributed by atoms with van der Waals surface area (Å²) in [5.41, 5.74) is 7.45. The van der Waals surface area contributed by atoms with Gasteiger partial charge in [0.25, 0.3) is 0 Å². The second-order valence-corrected chi connectivity index (χ2v) is 46.1. The number of amides is 2. The predicted molar refractivity (Wildman–Crippen MR) is 549 cm³/mol. The molecule has 7 N–H and O–H groups in total. The molecule has 0 aliphatic carbocycles. The molecular weight excluding hydrogens is 1890 g/mol. The first-order chi connectivity index (χ1) is 67.7. The Hall–Kier alpha value is -9.48. The van der Waals surface area contributed by atoms with Gasteiger partial charge in [-0.25, -0.2) is 9.59 Å². The van der Waals surface area contributed by atoms with Crippen molar-refractivity contribution in [3.8, 4) is 6.07 Å². The van der Waals surface area contributed by atoms with E-state index in [4.69, 9.17) is 97.0 Å². The Morgan fingerprint density at radius 2 is 0.568 bits per heavy atom. The summed E-state index contributed by atoms with van der Waals surface area (Å²) in [5, 5.41) is 37.4. The van der Waals surface area contributed by atoms with Crippen molar-refractivity contribution < 1.29 is 120 Å². The van der Waals surface area contributed by atoms with Gasteiger partial charge in [-0.1, -0.05) is 185 Å². The zero-order chi connectivity index (χ0) is 113. The lowest BCUT2D eigenvalue weighted by Crippen LogP contribution is -2.50. The summed E-state index contributed by atoms with van der Waals surface area (Å²) in [4.78, 5) is 185. The van der Waals surface area contributed by atoms with Crippen LogP contribution >= 0.6 is 0 Å². The lowest BCUT2D eigenvalue weighted by atomic mass is 9.95. The van der Waals surface area contributed by atoms with Gasteiger partial charge < -0.3 is 89.7 Å². The Morgan fingerprint density at radius 3 is 0.795 bits per heavy atom. The summed E-state index contributed by atoms with van der Waals surface area (Å²) in [7, 11) is 0. The van der Waals surface area contributed by atoms with E-state index in [2.05, 4.69) is 194 Å². The summed E-state index contributed by atoms with van der Waals surface area (Å²) in [6.45, 7) is 91.4. The van der Waals surface area contributed by atoms with Gasteiger partial charge in [0.1, 0.15) is 30.0 Å². The quantitative estimate of drug-likeness (QED) is 0.0326. The zero-order valence-electron chi connectivity index (χ0n) is 93.7. The van der Waals surface area contributed by atoms with Crippen molar-refractivity contribution in [3.63, 3.8) is 0 Å². The first-order valence-electron chi connectivity index (χ1n) is 49.9. The van der Waals surface area contributed by atoms with E-state index in [-0.39, 0.29) is 121 Å². The average molecular weight is 2070 g/mol. The smallest absolute Gasteiger partial charge is 0.407 e. The third-order valence-electron chi connectivity index (χ3n) is 20.0. The van der Waals surface area contributed by atoms with Crippen molar-refractivity contribution in [2.45, 2.75) is 242 Å². The van der Waals surface area contributed by atoms with Gasteiger partial charge in [0.2, 0.25) is 0 Å². The van der Waals surface area contributed by atoms with Crippen molar-refractivity contribution in [3.05, 3.63) is 71.8 Å². The van der Waals surface area contributed by atoms with Gasteiger partial charge in [-0.2, -0.15) is 62.8 Å². The van der Waals surface area contributed by atoms with Crippen LogP contribution in [0.25, 0.3) is 0 Å². The molecule has 2 amide bonds. The number of aliphatic hydroxyl groups excluding tert-OH is 2. The molecule has 0 aromatic heterocycles. The molecule has 836 valence electrons.